The molecule has 2 aromatic heterocycles. The van der Waals surface area contributed by atoms with Crippen molar-refractivity contribution in [3.05, 3.63) is 42.7 Å². The average molecular weight is 450 g/mol. The van der Waals surface area contributed by atoms with Crippen LogP contribution in [-0.4, -0.2) is 69.0 Å². The fraction of sp³-hybridized carbons (Fsp3) is 0.417. The molecule has 1 fully saturated rings. The third-order valence-electron chi connectivity index (χ3n) is 6.36. The van der Waals surface area contributed by atoms with Gasteiger partial charge in [-0.2, -0.15) is 5.10 Å². The molecule has 0 atom stereocenters. The SMILES string of the molecule is CN(CCN(CC=O)C1CCCCC1)c1cnn(-c2cc(-c3ccccc3O)nnc2N)c1. The monoisotopic (exact) mass is 449 g/mol. The number of carbonyl (C=O) groups excluding carboxylic acids is 1. The maximum atomic E-state index is 11.2. The highest BCUT2D eigenvalue weighted by Crippen LogP contribution is 2.29. The second-order valence-electron chi connectivity index (χ2n) is 8.54. The van der Waals surface area contributed by atoms with Crippen LogP contribution in [0.4, 0.5) is 11.5 Å². The lowest BCUT2D eigenvalue weighted by atomic mass is 9.94. The fourth-order valence-electron chi connectivity index (χ4n) is 4.41. The number of aromatic nitrogens is 4. The van der Waals surface area contributed by atoms with E-state index in [0.717, 1.165) is 25.1 Å². The van der Waals surface area contributed by atoms with Crippen LogP contribution in [0.3, 0.4) is 0 Å². The molecule has 33 heavy (non-hydrogen) atoms. The highest BCUT2D eigenvalue weighted by molar-refractivity contribution is 5.70. The molecular weight excluding hydrogens is 418 g/mol. The van der Waals surface area contributed by atoms with E-state index >= 15 is 0 Å². The summed E-state index contributed by atoms with van der Waals surface area (Å²) >= 11 is 0. The van der Waals surface area contributed by atoms with Gasteiger partial charge in [-0.05, 0) is 31.0 Å². The summed E-state index contributed by atoms with van der Waals surface area (Å²) in [5, 5.41) is 22.8. The minimum absolute atomic E-state index is 0.126. The first-order chi connectivity index (χ1) is 16.1. The number of aromatic hydroxyl groups is 1. The predicted molar refractivity (Wildman–Crippen MR) is 128 cm³/mol. The molecule has 174 valence electrons. The molecular formula is C24H31N7O2. The molecule has 0 bridgehead atoms. The Kier molecular flexibility index (Phi) is 7.19. The van der Waals surface area contributed by atoms with Crippen LogP contribution in [0.15, 0.2) is 42.7 Å². The van der Waals surface area contributed by atoms with Crippen LogP contribution in [0.5, 0.6) is 5.75 Å². The Morgan fingerprint density at radius 3 is 2.73 bits per heavy atom. The number of rotatable bonds is 9. The predicted octanol–water partition coefficient (Wildman–Crippen LogP) is 2.89. The summed E-state index contributed by atoms with van der Waals surface area (Å²) in [6.07, 6.45) is 10.8. The van der Waals surface area contributed by atoms with Crippen molar-refractivity contribution in [1.82, 2.24) is 24.9 Å². The largest absolute Gasteiger partial charge is 0.507 e. The molecule has 9 heteroatoms. The van der Waals surface area contributed by atoms with Gasteiger partial charge in [0.05, 0.1) is 30.3 Å². The van der Waals surface area contributed by atoms with Crippen LogP contribution in [0, 0.1) is 0 Å². The molecule has 1 aliphatic carbocycles. The number of para-hydroxylation sites is 1. The maximum absolute atomic E-state index is 11.2. The Morgan fingerprint density at radius 2 is 1.97 bits per heavy atom. The number of benzene rings is 1. The number of phenols is 1. The molecule has 3 aromatic rings. The van der Waals surface area contributed by atoms with E-state index in [9.17, 15) is 9.90 Å². The van der Waals surface area contributed by atoms with Gasteiger partial charge < -0.3 is 20.5 Å². The second-order valence-corrected chi connectivity index (χ2v) is 8.54. The number of anilines is 2. The minimum Gasteiger partial charge on any atom is -0.507 e. The quantitative estimate of drug-likeness (QED) is 0.480. The Hall–Kier alpha value is -3.46. The summed E-state index contributed by atoms with van der Waals surface area (Å²) in [7, 11) is 2.02. The molecule has 1 aliphatic rings. The molecule has 0 radical (unpaired) electrons. The summed E-state index contributed by atoms with van der Waals surface area (Å²) in [5.74, 6) is 0.377. The number of aldehydes is 1. The number of carbonyl (C=O) groups is 1. The van der Waals surface area contributed by atoms with Crippen LogP contribution < -0.4 is 10.6 Å². The van der Waals surface area contributed by atoms with Gasteiger partial charge in [0, 0.05) is 31.7 Å². The van der Waals surface area contributed by atoms with Crippen molar-refractivity contribution >= 4 is 17.8 Å². The van der Waals surface area contributed by atoms with E-state index in [0.29, 0.717) is 29.5 Å². The summed E-state index contributed by atoms with van der Waals surface area (Å²) in [5.41, 5.74) is 8.70. The standard InChI is InChI=1S/C24H31N7O2/c1-29(11-12-30(13-14-32)18-7-3-2-4-8-18)19-16-26-31(17-19)22-15-21(27-28-24(22)25)20-9-5-6-10-23(20)33/h5-6,9-10,14-18,33H,2-4,7-8,11-13H2,1H3,(H2,25,28). The molecule has 0 unspecified atom stereocenters. The Balaban J connectivity index is 1.47. The van der Waals surface area contributed by atoms with Gasteiger partial charge in [-0.3, -0.25) is 4.90 Å². The number of nitrogen functional groups attached to an aromatic ring is 1. The zero-order chi connectivity index (χ0) is 23.2. The van der Waals surface area contributed by atoms with Gasteiger partial charge >= 0.3 is 0 Å². The Labute approximate surface area is 193 Å². The van der Waals surface area contributed by atoms with Crippen LogP contribution in [0.1, 0.15) is 32.1 Å². The smallest absolute Gasteiger partial charge is 0.172 e. The third-order valence-corrected chi connectivity index (χ3v) is 6.36. The minimum atomic E-state index is 0.126. The van der Waals surface area contributed by atoms with E-state index in [4.69, 9.17) is 5.73 Å². The number of likely N-dealkylation sites (N-methyl/N-ethyl adjacent to an activating group) is 1. The number of hydrogen-bond donors (Lipinski definition) is 2. The second kappa shape index (κ2) is 10.4. The van der Waals surface area contributed by atoms with E-state index in [-0.39, 0.29) is 11.6 Å². The lowest BCUT2D eigenvalue weighted by Crippen LogP contribution is -2.42. The number of nitrogens with zero attached hydrogens (tertiary/aromatic N) is 6. The zero-order valence-electron chi connectivity index (χ0n) is 19.0. The average Bonchev–Trinajstić information content (AvgIpc) is 3.33. The molecule has 2 heterocycles. The van der Waals surface area contributed by atoms with Gasteiger partial charge in [-0.1, -0.05) is 31.4 Å². The number of hydrogen-bond acceptors (Lipinski definition) is 8. The van der Waals surface area contributed by atoms with Crippen molar-refractivity contribution in [3.63, 3.8) is 0 Å². The highest BCUT2D eigenvalue weighted by Gasteiger charge is 2.21. The molecule has 9 nitrogen and oxygen atoms in total. The summed E-state index contributed by atoms with van der Waals surface area (Å²) in [6.45, 7) is 2.08. The lowest BCUT2D eigenvalue weighted by Gasteiger charge is -2.34. The summed E-state index contributed by atoms with van der Waals surface area (Å²) in [4.78, 5) is 15.6. The van der Waals surface area contributed by atoms with Gasteiger partial charge in [-0.15, -0.1) is 10.2 Å². The first-order valence-corrected chi connectivity index (χ1v) is 11.4. The van der Waals surface area contributed by atoms with E-state index < -0.39 is 0 Å². The third kappa shape index (κ3) is 5.31. The fourth-order valence-corrected chi connectivity index (χ4v) is 4.41. The van der Waals surface area contributed by atoms with Crippen molar-refractivity contribution in [3.8, 4) is 22.7 Å². The Bertz CT molecular complexity index is 1080. The normalized spacial score (nSPS) is 14.5. The molecule has 3 N–H and O–H groups in total. The molecule has 1 aromatic carbocycles. The van der Waals surface area contributed by atoms with Gasteiger partial charge in [-0.25, -0.2) is 4.68 Å². The van der Waals surface area contributed by atoms with E-state index in [1.54, 1.807) is 35.1 Å². The first-order valence-electron chi connectivity index (χ1n) is 11.4. The van der Waals surface area contributed by atoms with Gasteiger partial charge in [0.2, 0.25) is 0 Å². The first kappa shape index (κ1) is 22.7. The number of phenolic OH excluding ortho intramolecular Hbond substituents is 1. The lowest BCUT2D eigenvalue weighted by molar-refractivity contribution is -0.109. The Morgan fingerprint density at radius 1 is 1.18 bits per heavy atom. The summed E-state index contributed by atoms with van der Waals surface area (Å²) < 4.78 is 1.67. The molecule has 1 saturated carbocycles. The van der Waals surface area contributed by atoms with Crippen LogP contribution in [-0.2, 0) is 4.79 Å². The van der Waals surface area contributed by atoms with Crippen molar-refractivity contribution < 1.29 is 9.90 Å². The van der Waals surface area contributed by atoms with E-state index in [1.165, 1.54) is 32.1 Å². The van der Waals surface area contributed by atoms with E-state index in [2.05, 4.69) is 25.1 Å². The van der Waals surface area contributed by atoms with Crippen molar-refractivity contribution in [1.29, 1.82) is 0 Å². The van der Waals surface area contributed by atoms with Crippen molar-refractivity contribution in [2.45, 2.75) is 38.1 Å². The highest BCUT2D eigenvalue weighted by atomic mass is 16.3. The molecule has 0 saturated heterocycles. The zero-order valence-corrected chi connectivity index (χ0v) is 19.0. The molecule has 0 amide bonds. The van der Waals surface area contributed by atoms with Gasteiger partial charge in [0.15, 0.2) is 5.82 Å². The topological polar surface area (TPSA) is 113 Å². The molecule has 0 aliphatic heterocycles. The maximum Gasteiger partial charge on any atom is 0.172 e. The van der Waals surface area contributed by atoms with Crippen molar-refractivity contribution in [2.75, 3.05) is 37.3 Å². The van der Waals surface area contributed by atoms with E-state index in [1.807, 2.05) is 19.3 Å². The van der Waals surface area contributed by atoms with Crippen molar-refractivity contribution in [2.24, 2.45) is 0 Å². The van der Waals surface area contributed by atoms with Crippen LogP contribution in [0.25, 0.3) is 16.9 Å². The summed E-state index contributed by atoms with van der Waals surface area (Å²) in [6, 6.07) is 9.23. The number of nitrogens with two attached hydrogens (primary N) is 1. The van der Waals surface area contributed by atoms with Crippen LogP contribution in [0.2, 0.25) is 0 Å². The van der Waals surface area contributed by atoms with Crippen LogP contribution >= 0.6 is 0 Å². The van der Waals surface area contributed by atoms with Gasteiger partial charge in [0.1, 0.15) is 17.7 Å². The molecule has 0 spiro atoms. The molecule has 4 rings (SSSR count). The van der Waals surface area contributed by atoms with Gasteiger partial charge in [0.25, 0.3) is 0 Å².